The SMILES string of the molecule is COc1cc(C(=O)NCc2ccc(N3CCOCC3)nc2)cc(OC)c1OC. The number of amides is 1. The first-order valence-electron chi connectivity index (χ1n) is 9.02. The van der Waals surface area contributed by atoms with Crippen LogP contribution in [0.15, 0.2) is 30.5 Å². The normalized spacial score (nSPS) is 13.8. The highest BCUT2D eigenvalue weighted by Gasteiger charge is 2.17. The van der Waals surface area contributed by atoms with Gasteiger partial charge in [0.05, 0.1) is 34.5 Å². The van der Waals surface area contributed by atoms with Crippen LogP contribution in [-0.2, 0) is 11.3 Å². The topological polar surface area (TPSA) is 82.2 Å². The van der Waals surface area contributed by atoms with Crippen LogP contribution in [0, 0.1) is 0 Å². The van der Waals surface area contributed by atoms with E-state index >= 15 is 0 Å². The van der Waals surface area contributed by atoms with Crippen molar-refractivity contribution in [1.82, 2.24) is 10.3 Å². The molecule has 2 heterocycles. The number of nitrogens with zero attached hydrogens (tertiary/aromatic N) is 2. The largest absolute Gasteiger partial charge is 0.493 e. The number of pyridine rings is 1. The smallest absolute Gasteiger partial charge is 0.251 e. The van der Waals surface area contributed by atoms with Crippen LogP contribution in [0.4, 0.5) is 5.82 Å². The fourth-order valence-electron chi connectivity index (χ4n) is 3.00. The number of carbonyl (C=O) groups excluding carboxylic acids is 1. The van der Waals surface area contributed by atoms with Crippen molar-refractivity contribution in [3.63, 3.8) is 0 Å². The van der Waals surface area contributed by atoms with Crippen molar-refractivity contribution < 1.29 is 23.7 Å². The summed E-state index contributed by atoms with van der Waals surface area (Å²) in [6.45, 7) is 3.48. The van der Waals surface area contributed by atoms with E-state index in [1.54, 1.807) is 18.3 Å². The van der Waals surface area contributed by atoms with Crippen LogP contribution in [0.2, 0.25) is 0 Å². The summed E-state index contributed by atoms with van der Waals surface area (Å²) in [5.74, 6) is 2.00. The Morgan fingerprint density at radius 1 is 1.11 bits per heavy atom. The number of methoxy groups -OCH3 is 3. The summed E-state index contributed by atoms with van der Waals surface area (Å²) < 4.78 is 21.2. The van der Waals surface area contributed by atoms with Crippen LogP contribution < -0.4 is 24.4 Å². The summed E-state index contributed by atoms with van der Waals surface area (Å²) in [5, 5.41) is 2.89. The van der Waals surface area contributed by atoms with Crippen LogP contribution in [0.3, 0.4) is 0 Å². The van der Waals surface area contributed by atoms with E-state index < -0.39 is 0 Å². The molecule has 0 saturated carbocycles. The molecular weight excluding hydrogens is 362 g/mol. The number of rotatable bonds is 7. The third kappa shape index (κ3) is 4.45. The lowest BCUT2D eigenvalue weighted by molar-refractivity contribution is 0.0950. The second-order valence-corrected chi connectivity index (χ2v) is 6.22. The van der Waals surface area contributed by atoms with Crippen molar-refractivity contribution in [2.75, 3.05) is 52.5 Å². The molecule has 2 aromatic rings. The van der Waals surface area contributed by atoms with E-state index in [1.165, 1.54) is 21.3 Å². The average Bonchev–Trinajstić information content (AvgIpc) is 2.77. The summed E-state index contributed by atoms with van der Waals surface area (Å²) in [7, 11) is 4.55. The maximum absolute atomic E-state index is 12.6. The summed E-state index contributed by atoms with van der Waals surface area (Å²) in [4.78, 5) is 19.2. The maximum Gasteiger partial charge on any atom is 0.251 e. The Labute approximate surface area is 164 Å². The molecule has 28 heavy (non-hydrogen) atoms. The molecule has 1 aromatic heterocycles. The molecule has 1 aliphatic heterocycles. The van der Waals surface area contributed by atoms with Gasteiger partial charge in [-0.2, -0.15) is 0 Å². The first-order chi connectivity index (χ1) is 13.7. The van der Waals surface area contributed by atoms with Crippen molar-refractivity contribution >= 4 is 11.7 Å². The summed E-state index contributed by atoms with van der Waals surface area (Å²) >= 11 is 0. The van der Waals surface area contributed by atoms with Gasteiger partial charge in [0.2, 0.25) is 5.75 Å². The predicted octanol–water partition coefficient (Wildman–Crippen LogP) is 1.87. The summed E-state index contributed by atoms with van der Waals surface area (Å²) in [6.07, 6.45) is 1.78. The molecule has 1 N–H and O–H groups in total. The highest BCUT2D eigenvalue weighted by Crippen LogP contribution is 2.38. The van der Waals surface area contributed by atoms with Gasteiger partial charge in [0, 0.05) is 31.4 Å². The van der Waals surface area contributed by atoms with Crippen molar-refractivity contribution in [2.24, 2.45) is 0 Å². The maximum atomic E-state index is 12.6. The second-order valence-electron chi connectivity index (χ2n) is 6.22. The van der Waals surface area contributed by atoms with E-state index in [0.717, 1.165) is 24.5 Å². The number of nitrogens with one attached hydrogen (secondary N) is 1. The van der Waals surface area contributed by atoms with Gasteiger partial charge in [-0.25, -0.2) is 4.98 Å². The number of aromatic nitrogens is 1. The molecule has 1 aromatic carbocycles. The summed E-state index contributed by atoms with van der Waals surface area (Å²) in [6, 6.07) is 7.17. The van der Waals surface area contributed by atoms with E-state index in [0.29, 0.717) is 42.6 Å². The number of hydrogen-bond acceptors (Lipinski definition) is 7. The molecule has 1 amide bonds. The van der Waals surface area contributed by atoms with Gasteiger partial charge in [0.15, 0.2) is 11.5 Å². The number of benzene rings is 1. The van der Waals surface area contributed by atoms with Crippen LogP contribution in [0.1, 0.15) is 15.9 Å². The highest BCUT2D eigenvalue weighted by molar-refractivity contribution is 5.95. The molecule has 8 heteroatoms. The number of hydrogen-bond donors (Lipinski definition) is 1. The van der Waals surface area contributed by atoms with E-state index in [9.17, 15) is 4.79 Å². The Balaban J connectivity index is 1.65. The standard InChI is InChI=1S/C20H25N3O5/c1-25-16-10-15(11-17(26-2)19(16)27-3)20(24)22-13-14-4-5-18(21-12-14)23-6-8-28-9-7-23/h4-5,10-12H,6-9,13H2,1-3H3,(H,22,24). The van der Waals surface area contributed by atoms with Gasteiger partial charge in [-0.3, -0.25) is 4.79 Å². The zero-order chi connectivity index (χ0) is 19.9. The van der Waals surface area contributed by atoms with Gasteiger partial charge in [-0.15, -0.1) is 0 Å². The zero-order valence-electron chi connectivity index (χ0n) is 16.4. The molecular formula is C20H25N3O5. The van der Waals surface area contributed by atoms with Gasteiger partial charge in [0.25, 0.3) is 5.91 Å². The first kappa shape index (κ1) is 19.8. The third-order valence-corrected chi connectivity index (χ3v) is 4.52. The van der Waals surface area contributed by atoms with Gasteiger partial charge >= 0.3 is 0 Å². The van der Waals surface area contributed by atoms with E-state index in [-0.39, 0.29) is 5.91 Å². The van der Waals surface area contributed by atoms with Crippen LogP contribution >= 0.6 is 0 Å². The molecule has 0 radical (unpaired) electrons. The minimum atomic E-state index is -0.239. The number of anilines is 1. The van der Waals surface area contributed by atoms with Crippen LogP contribution in [0.5, 0.6) is 17.2 Å². The lowest BCUT2D eigenvalue weighted by Gasteiger charge is -2.27. The van der Waals surface area contributed by atoms with Crippen LogP contribution in [-0.4, -0.2) is 58.5 Å². The molecule has 0 bridgehead atoms. The lowest BCUT2D eigenvalue weighted by atomic mass is 10.1. The number of carbonyl (C=O) groups is 1. The number of ether oxygens (including phenoxy) is 4. The fourth-order valence-corrected chi connectivity index (χ4v) is 3.00. The van der Waals surface area contributed by atoms with Crippen molar-refractivity contribution in [3.05, 3.63) is 41.6 Å². The van der Waals surface area contributed by atoms with Gasteiger partial charge in [0.1, 0.15) is 5.82 Å². The monoisotopic (exact) mass is 387 g/mol. The van der Waals surface area contributed by atoms with Gasteiger partial charge in [-0.05, 0) is 23.8 Å². The Hall–Kier alpha value is -3.00. The van der Waals surface area contributed by atoms with Gasteiger partial charge in [-0.1, -0.05) is 6.07 Å². The Morgan fingerprint density at radius 2 is 1.79 bits per heavy atom. The zero-order valence-corrected chi connectivity index (χ0v) is 16.4. The fraction of sp³-hybridized carbons (Fsp3) is 0.400. The molecule has 8 nitrogen and oxygen atoms in total. The molecule has 0 unspecified atom stereocenters. The molecule has 0 atom stereocenters. The average molecular weight is 387 g/mol. The first-order valence-corrected chi connectivity index (χ1v) is 9.02. The molecule has 0 spiro atoms. The minimum Gasteiger partial charge on any atom is -0.493 e. The van der Waals surface area contributed by atoms with Crippen molar-refractivity contribution in [1.29, 1.82) is 0 Å². The lowest BCUT2D eigenvalue weighted by Crippen LogP contribution is -2.36. The van der Waals surface area contributed by atoms with E-state index in [2.05, 4.69) is 15.2 Å². The molecule has 1 fully saturated rings. The van der Waals surface area contributed by atoms with E-state index in [1.807, 2.05) is 12.1 Å². The molecule has 1 saturated heterocycles. The predicted molar refractivity (Wildman–Crippen MR) is 105 cm³/mol. The van der Waals surface area contributed by atoms with Crippen molar-refractivity contribution in [3.8, 4) is 17.2 Å². The highest BCUT2D eigenvalue weighted by atomic mass is 16.5. The second kappa shape index (κ2) is 9.27. The quantitative estimate of drug-likeness (QED) is 0.777. The Bertz CT molecular complexity index is 779. The molecule has 1 aliphatic rings. The molecule has 0 aliphatic carbocycles. The van der Waals surface area contributed by atoms with Crippen molar-refractivity contribution in [2.45, 2.75) is 6.54 Å². The van der Waals surface area contributed by atoms with E-state index in [4.69, 9.17) is 18.9 Å². The van der Waals surface area contributed by atoms with Gasteiger partial charge < -0.3 is 29.2 Å². The molecule has 3 rings (SSSR count). The third-order valence-electron chi connectivity index (χ3n) is 4.52. The Kier molecular flexibility index (Phi) is 6.54. The van der Waals surface area contributed by atoms with Crippen LogP contribution in [0.25, 0.3) is 0 Å². The number of morpholine rings is 1. The Morgan fingerprint density at radius 3 is 2.32 bits per heavy atom. The minimum absolute atomic E-state index is 0.239. The molecule has 150 valence electrons. The summed E-state index contributed by atoms with van der Waals surface area (Å²) in [5.41, 5.74) is 1.34.